The summed E-state index contributed by atoms with van der Waals surface area (Å²) in [4.78, 5) is 4.41. The van der Waals surface area contributed by atoms with Crippen molar-refractivity contribution in [2.45, 2.75) is 22.6 Å². The number of unbranched alkanes of at least 4 members (excludes halogenated alkanes) is 1. The third kappa shape index (κ3) is 4.91. The zero-order valence-electron chi connectivity index (χ0n) is 13.2. The first-order valence-corrected chi connectivity index (χ1v) is 9.99. The molecule has 0 aliphatic carbocycles. The molecule has 0 bridgehead atoms. The molecular weight excluding hydrogens is 377 g/mol. The molecule has 0 aromatic heterocycles. The van der Waals surface area contributed by atoms with Crippen LogP contribution in [-0.4, -0.2) is 25.3 Å². The van der Waals surface area contributed by atoms with Gasteiger partial charge < -0.3 is 9.45 Å². The van der Waals surface area contributed by atoms with E-state index in [2.05, 4.69) is 11.0 Å². The van der Waals surface area contributed by atoms with Crippen molar-refractivity contribution >= 4 is 44.9 Å². The van der Waals surface area contributed by atoms with Crippen LogP contribution >= 0.6 is 23.4 Å². The van der Waals surface area contributed by atoms with Gasteiger partial charge in [0.15, 0.2) is 0 Å². The fourth-order valence-electron chi connectivity index (χ4n) is 2.59. The zero-order chi connectivity index (χ0) is 16.4. The van der Waals surface area contributed by atoms with E-state index in [1.165, 1.54) is 0 Å². The third-order valence-corrected chi connectivity index (χ3v) is 5.77. The monoisotopic (exact) mass is 391 g/mol. The minimum atomic E-state index is -4.15. The van der Waals surface area contributed by atoms with Gasteiger partial charge in [-0.25, -0.2) is 8.42 Å². The summed E-state index contributed by atoms with van der Waals surface area (Å²) in [5.41, 5.74) is 2.10. The molecule has 0 saturated heterocycles. The van der Waals surface area contributed by atoms with Crippen LogP contribution in [0, 0.1) is 0 Å². The van der Waals surface area contributed by atoms with Crippen LogP contribution < -0.4 is 34.5 Å². The van der Waals surface area contributed by atoms with E-state index in [0.717, 1.165) is 21.2 Å². The predicted molar refractivity (Wildman–Crippen MR) is 92.8 cm³/mol. The molecule has 4 nitrogen and oxygen atoms in total. The molecule has 0 amide bonds. The Kier molecular flexibility index (Phi) is 7.08. The van der Waals surface area contributed by atoms with Gasteiger partial charge in [-0.3, -0.25) is 0 Å². The molecule has 0 N–H and O–H groups in total. The normalized spacial score (nSPS) is 13.0. The quantitative estimate of drug-likeness (QED) is 0.436. The largest absolute Gasteiger partial charge is 1.00 e. The summed E-state index contributed by atoms with van der Waals surface area (Å²) in [6.07, 6.45) is 0.972. The summed E-state index contributed by atoms with van der Waals surface area (Å²) in [5.74, 6) is -0.320. The van der Waals surface area contributed by atoms with E-state index in [4.69, 9.17) is 11.6 Å². The molecule has 8 heteroatoms. The van der Waals surface area contributed by atoms with Gasteiger partial charge in [-0.15, -0.1) is 0 Å². The molecule has 0 saturated carbocycles. The Morgan fingerprint density at radius 2 is 1.75 bits per heavy atom. The minimum Gasteiger partial charge on any atom is -0.748 e. The number of hydrogen-bond donors (Lipinski definition) is 0. The molecule has 1 aliphatic rings. The van der Waals surface area contributed by atoms with Crippen molar-refractivity contribution in [1.29, 1.82) is 0 Å². The van der Waals surface area contributed by atoms with Crippen molar-refractivity contribution < 1.29 is 42.5 Å². The maximum absolute atomic E-state index is 10.7. The first kappa shape index (κ1) is 20.1. The van der Waals surface area contributed by atoms with E-state index in [-0.39, 0.29) is 35.3 Å². The smallest absolute Gasteiger partial charge is 0.748 e. The molecule has 3 rings (SSSR count). The van der Waals surface area contributed by atoms with Gasteiger partial charge in [0.1, 0.15) is 0 Å². The van der Waals surface area contributed by atoms with Gasteiger partial charge in [0.05, 0.1) is 21.5 Å². The Hall–Kier alpha value is -0.210. The number of hydrogen-bond acceptors (Lipinski definition) is 5. The van der Waals surface area contributed by atoms with E-state index in [0.29, 0.717) is 24.4 Å². The second-order valence-corrected chi connectivity index (χ2v) is 8.35. The first-order valence-electron chi connectivity index (χ1n) is 7.21. The molecule has 1 aliphatic heterocycles. The van der Waals surface area contributed by atoms with Crippen LogP contribution in [0.1, 0.15) is 12.8 Å². The molecule has 2 aromatic carbocycles. The van der Waals surface area contributed by atoms with Gasteiger partial charge in [-0.1, -0.05) is 35.5 Å². The molecule has 0 atom stereocenters. The van der Waals surface area contributed by atoms with Crippen LogP contribution in [0.3, 0.4) is 0 Å². The second-order valence-electron chi connectivity index (χ2n) is 5.30. The molecule has 2 aromatic rings. The van der Waals surface area contributed by atoms with Crippen molar-refractivity contribution in [1.82, 2.24) is 0 Å². The summed E-state index contributed by atoms with van der Waals surface area (Å²) in [5, 5.41) is 0.663. The van der Waals surface area contributed by atoms with E-state index in [9.17, 15) is 13.0 Å². The summed E-state index contributed by atoms with van der Waals surface area (Å²) in [7, 11) is -4.15. The number of benzene rings is 2. The summed E-state index contributed by atoms with van der Waals surface area (Å²) in [6, 6.07) is 13.9. The fraction of sp³-hybridized carbons (Fsp3) is 0.250. The van der Waals surface area contributed by atoms with Crippen LogP contribution in [0.15, 0.2) is 52.3 Å². The Labute approximate surface area is 173 Å². The molecule has 0 unspecified atom stereocenters. The standard InChI is InChI=1S/C16H16ClNO3S2.Na/c17-12-7-8-16-14(11-12)18(9-3-4-10-23(19,20)21)13-5-1-2-6-15(13)22-16;/h1-2,5-8,11H,3-4,9-10H2,(H,19,20,21);/q;+1/p-1. The topological polar surface area (TPSA) is 60.4 Å². The van der Waals surface area contributed by atoms with Crippen molar-refractivity contribution in [3.63, 3.8) is 0 Å². The Morgan fingerprint density at radius 3 is 2.50 bits per heavy atom. The summed E-state index contributed by atoms with van der Waals surface area (Å²) < 4.78 is 32.2. The number of fused-ring (bicyclic) bond motifs is 2. The van der Waals surface area contributed by atoms with Crippen LogP contribution in [0.5, 0.6) is 0 Å². The van der Waals surface area contributed by atoms with E-state index in [1.54, 1.807) is 11.8 Å². The predicted octanol–water partition coefficient (Wildman–Crippen LogP) is 1.27. The molecule has 24 heavy (non-hydrogen) atoms. The average Bonchev–Trinajstić information content (AvgIpc) is 2.50. The Morgan fingerprint density at radius 1 is 1.04 bits per heavy atom. The van der Waals surface area contributed by atoms with Crippen LogP contribution in [0.25, 0.3) is 0 Å². The van der Waals surface area contributed by atoms with E-state index in [1.807, 2.05) is 36.4 Å². The summed E-state index contributed by atoms with van der Waals surface area (Å²) >= 11 is 7.83. The van der Waals surface area contributed by atoms with Crippen LogP contribution in [-0.2, 0) is 10.1 Å². The Balaban J connectivity index is 0.00000208. The molecule has 122 valence electrons. The second kappa shape index (κ2) is 8.45. The van der Waals surface area contributed by atoms with E-state index < -0.39 is 10.1 Å². The van der Waals surface area contributed by atoms with Crippen LogP contribution in [0.4, 0.5) is 11.4 Å². The fourth-order valence-corrected chi connectivity index (χ4v) is 4.39. The molecular formula is C16H15ClNNaO3S2. The summed E-state index contributed by atoms with van der Waals surface area (Å²) in [6.45, 7) is 0.639. The molecule has 1 heterocycles. The Bertz CT molecular complexity index is 830. The van der Waals surface area contributed by atoms with Gasteiger partial charge in [-0.05, 0) is 43.2 Å². The van der Waals surface area contributed by atoms with Crippen molar-refractivity contribution in [3.05, 3.63) is 47.5 Å². The number of halogens is 1. The zero-order valence-corrected chi connectivity index (χ0v) is 17.6. The van der Waals surface area contributed by atoms with Gasteiger partial charge in [-0.2, -0.15) is 0 Å². The van der Waals surface area contributed by atoms with Gasteiger partial charge in [0.25, 0.3) is 0 Å². The number of rotatable bonds is 5. The van der Waals surface area contributed by atoms with E-state index >= 15 is 0 Å². The van der Waals surface area contributed by atoms with Crippen molar-refractivity contribution in [2.75, 3.05) is 17.2 Å². The maximum Gasteiger partial charge on any atom is 1.00 e. The minimum absolute atomic E-state index is 0. The molecule has 0 radical (unpaired) electrons. The van der Waals surface area contributed by atoms with Crippen molar-refractivity contribution in [3.8, 4) is 0 Å². The number of nitrogens with zero attached hydrogens (tertiary/aromatic N) is 1. The maximum atomic E-state index is 10.7. The SMILES string of the molecule is O=S(=O)([O-])CCCCN1c2ccccc2Sc2ccc(Cl)cc21.[Na+]. The van der Waals surface area contributed by atoms with Crippen LogP contribution in [0.2, 0.25) is 5.02 Å². The average molecular weight is 392 g/mol. The molecule has 0 spiro atoms. The van der Waals surface area contributed by atoms with Crippen molar-refractivity contribution in [2.24, 2.45) is 0 Å². The first-order chi connectivity index (χ1) is 10.9. The number of anilines is 2. The van der Waals surface area contributed by atoms with Gasteiger partial charge >= 0.3 is 29.6 Å². The third-order valence-electron chi connectivity index (χ3n) is 3.61. The number of para-hydroxylation sites is 1. The van der Waals surface area contributed by atoms with Gasteiger partial charge in [0.2, 0.25) is 0 Å². The van der Waals surface area contributed by atoms with Gasteiger partial charge in [0, 0.05) is 27.1 Å². The molecule has 0 fully saturated rings.